The molecule has 1 unspecified atom stereocenters. The lowest BCUT2D eigenvalue weighted by atomic mass is 9.85. The summed E-state index contributed by atoms with van der Waals surface area (Å²) in [5, 5.41) is 1.30. The summed E-state index contributed by atoms with van der Waals surface area (Å²) in [6, 6.07) is 6.31. The van der Waals surface area contributed by atoms with Crippen LogP contribution in [0.5, 0.6) is 5.75 Å². The van der Waals surface area contributed by atoms with Crippen molar-refractivity contribution < 1.29 is 4.74 Å². The second-order valence-electron chi connectivity index (χ2n) is 4.98. The smallest absolute Gasteiger partial charge is 0.120 e. The van der Waals surface area contributed by atoms with Crippen LogP contribution in [-0.4, -0.2) is 18.1 Å². The second kappa shape index (κ2) is 4.65. The predicted molar refractivity (Wildman–Crippen MR) is 74.2 cm³/mol. The maximum Gasteiger partial charge on any atom is 0.120 e. The summed E-state index contributed by atoms with van der Waals surface area (Å²) in [4.78, 5) is 3.54. The summed E-state index contributed by atoms with van der Waals surface area (Å²) in [5.74, 6) is 1.45. The summed E-state index contributed by atoms with van der Waals surface area (Å²) in [7, 11) is 0. The van der Waals surface area contributed by atoms with Gasteiger partial charge in [0.2, 0.25) is 0 Å². The van der Waals surface area contributed by atoms with Crippen LogP contribution in [-0.2, 0) is 6.42 Å². The van der Waals surface area contributed by atoms with Gasteiger partial charge in [0.25, 0.3) is 0 Å². The summed E-state index contributed by atoms with van der Waals surface area (Å²) in [5.41, 5.74) is 9.94. The van der Waals surface area contributed by atoms with E-state index in [1.165, 1.54) is 35.0 Å². The number of aryl methyl sites for hydroxylation is 1. The molecule has 3 N–H and O–H groups in total. The van der Waals surface area contributed by atoms with Crippen LogP contribution < -0.4 is 10.5 Å². The molecule has 1 atom stereocenters. The third-order valence-electron chi connectivity index (χ3n) is 3.88. The molecule has 1 heterocycles. The molecule has 2 aromatic rings. The molecule has 18 heavy (non-hydrogen) atoms. The van der Waals surface area contributed by atoms with E-state index in [2.05, 4.69) is 17.1 Å². The molecule has 0 amide bonds. The lowest BCUT2D eigenvalue weighted by Crippen LogP contribution is -2.17. The van der Waals surface area contributed by atoms with Crippen LogP contribution in [0.3, 0.4) is 0 Å². The molecule has 1 aliphatic rings. The number of aromatic amines is 1. The Morgan fingerprint density at radius 1 is 1.44 bits per heavy atom. The zero-order valence-electron chi connectivity index (χ0n) is 10.8. The number of nitrogens with two attached hydrogens (primary N) is 1. The quantitative estimate of drug-likeness (QED) is 0.872. The molecule has 1 aliphatic carbocycles. The van der Waals surface area contributed by atoms with Crippen LogP contribution >= 0.6 is 0 Å². The summed E-state index contributed by atoms with van der Waals surface area (Å²) >= 11 is 0. The first-order valence-electron chi connectivity index (χ1n) is 6.80. The average molecular weight is 244 g/mol. The second-order valence-corrected chi connectivity index (χ2v) is 4.98. The topological polar surface area (TPSA) is 51.0 Å². The predicted octanol–water partition coefficient (Wildman–Crippen LogP) is 2.95. The molecule has 0 saturated carbocycles. The van der Waals surface area contributed by atoms with E-state index < -0.39 is 0 Å². The van der Waals surface area contributed by atoms with E-state index in [1.54, 1.807) is 0 Å². The zero-order chi connectivity index (χ0) is 12.5. The van der Waals surface area contributed by atoms with Crippen LogP contribution in [0.15, 0.2) is 18.2 Å². The summed E-state index contributed by atoms with van der Waals surface area (Å²) < 4.78 is 5.60. The Labute approximate surface area is 107 Å². The van der Waals surface area contributed by atoms with Crippen molar-refractivity contribution in [3.8, 4) is 5.75 Å². The first-order valence-corrected chi connectivity index (χ1v) is 6.80. The van der Waals surface area contributed by atoms with Gasteiger partial charge in [-0.1, -0.05) is 0 Å². The van der Waals surface area contributed by atoms with Gasteiger partial charge in [0.05, 0.1) is 6.61 Å². The maximum atomic E-state index is 5.92. The molecule has 96 valence electrons. The fourth-order valence-electron chi connectivity index (χ4n) is 3.07. The van der Waals surface area contributed by atoms with Crippen molar-refractivity contribution in [2.75, 3.05) is 13.2 Å². The van der Waals surface area contributed by atoms with E-state index in [9.17, 15) is 0 Å². The Hall–Kier alpha value is -1.48. The lowest BCUT2D eigenvalue weighted by Gasteiger charge is -2.21. The number of hydrogen-bond acceptors (Lipinski definition) is 2. The highest BCUT2D eigenvalue weighted by Gasteiger charge is 2.23. The molecule has 3 heteroatoms. The molecule has 0 spiro atoms. The maximum absolute atomic E-state index is 5.92. The third kappa shape index (κ3) is 1.79. The number of fused-ring (bicyclic) bond motifs is 3. The van der Waals surface area contributed by atoms with E-state index in [4.69, 9.17) is 10.5 Å². The van der Waals surface area contributed by atoms with Gasteiger partial charge in [0, 0.05) is 16.6 Å². The van der Waals surface area contributed by atoms with E-state index in [0.29, 0.717) is 12.5 Å². The molecule has 0 bridgehead atoms. The highest BCUT2D eigenvalue weighted by molar-refractivity contribution is 5.87. The Morgan fingerprint density at radius 2 is 2.33 bits per heavy atom. The van der Waals surface area contributed by atoms with Gasteiger partial charge < -0.3 is 15.5 Å². The molecule has 0 radical (unpaired) electrons. The fraction of sp³-hybridized carbons (Fsp3) is 0.467. The molecule has 0 saturated heterocycles. The van der Waals surface area contributed by atoms with Gasteiger partial charge >= 0.3 is 0 Å². The van der Waals surface area contributed by atoms with Crippen LogP contribution in [0.1, 0.15) is 36.9 Å². The Kier molecular flexibility index (Phi) is 3.00. The minimum atomic E-state index is 0.499. The normalized spacial score (nSPS) is 18.9. The van der Waals surface area contributed by atoms with Gasteiger partial charge in [-0.05, 0) is 62.4 Å². The summed E-state index contributed by atoms with van der Waals surface area (Å²) in [6.07, 6.45) is 3.58. The van der Waals surface area contributed by atoms with Gasteiger partial charge in [-0.25, -0.2) is 0 Å². The molecule has 3 nitrogen and oxygen atoms in total. The SMILES string of the molecule is CCOc1ccc2[nH]c3c(c2c1)C(CN)CCC3. The largest absolute Gasteiger partial charge is 0.494 e. The van der Waals surface area contributed by atoms with E-state index in [0.717, 1.165) is 18.7 Å². The van der Waals surface area contributed by atoms with Crippen LogP contribution in [0.25, 0.3) is 10.9 Å². The molecule has 1 aromatic carbocycles. The number of benzene rings is 1. The number of aromatic nitrogens is 1. The van der Waals surface area contributed by atoms with Gasteiger partial charge in [-0.3, -0.25) is 0 Å². The van der Waals surface area contributed by atoms with Crippen molar-refractivity contribution in [2.45, 2.75) is 32.1 Å². The van der Waals surface area contributed by atoms with Gasteiger partial charge in [0.15, 0.2) is 0 Å². The molecular formula is C15H20N2O. The first-order chi connectivity index (χ1) is 8.83. The van der Waals surface area contributed by atoms with Crippen molar-refractivity contribution >= 4 is 10.9 Å². The zero-order valence-corrected chi connectivity index (χ0v) is 10.8. The molecule has 3 rings (SSSR count). The minimum Gasteiger partial charge on any atom is -0.494 e. The van der Waals surface area contributed by atoms with Gasteiger partial charge in [0.1, 0.15) is 5.75 Å². The minimum absolute atomic E-state index is 0.499. The van der Waals surface area contributed by atoms with Crippen molar-refractivity contribution in [3.63, 3.8) is 0 Å². The number of nitrogens with one attached hydrogen (secondary N) is 1. The summed E-state index contributed by atoms with van der Waals surface area (Å²) in [6.45, 7) is 3.46. The van der Waals surface area contributed by atoms with Crippen LogP contribution in [0.4, 0.5) is 0 Å². The van der Waals surface area contributed by atoms with Crippen molar-refractivity contribution in [1.82, 2.24) is 4.98 Å². The van der Waals surface area contributed by atoms with Crippen molar-refractivity contribution in [3.05, 3.63) is 29.5 Å². The van der Waals surface area contributed by atoms with E-state index in [-0.39, 0.29) is 0 Å². The van der Waals surface area contributed by atoms with Gasteiger partial charge in [-0.15, -0.1) is 0 Å². The standard InChI is InChI=1S/C15H20N2O/c1-2-18-11-6-7-13-12(8-11)15-10(9-16)4-3-5-14(15)17-13/h6-8,10,17H,2-5,9,16H2,1H3. The van der Waals surface area contributed by atoms with Crippen molar-refractivity contribution in [1.29, 1.82) is 0 Å². The van der Waals surface area contributed by atoms with Crippen LogP contribution in [0.2, 0.25) is 0 Å². The number of rotatable bonds is 3. The number of hydrogen-bond donors (Lipinski definition) is 2. The molecule has 1 aromatic heterocycles. The Balaban J connectivity index is 2.15. The molecular weight excluding hydrogens is 224 g/mol. The number of ether oxygens (including phenoxy) is 1. The molecule has 0 aliphatic heterocycles. The van der Waals surface area contributed by atoms with Crippen molar-refractivity contribution in [2.24, 2.45) is 5.73 Å². The third-order valence-corrected chi connectivity index (χ3v) is 3.88. The average Bonchev–Trinajstić information content (AvgIpc) is 2.77. The van der Waals surface area contributed by atoms with E-state index >= 15 is 0 Å². The Bertz CT molecular complexity index is 559. The Morgan fingerprint density at radius 3 is 3.11 bits per heavy atom. The highest BCUT2D eigenvalue weighted by Crippen LogP contribution is 2.37. The highest BCUT2D eigenvalue weighted by atomic mass is 16.5. The lowest BCUT2D eigenvalue weighted by molar-refractivity contribution is 0.340. The van der Waals surface area contributed by atoms with Gasteiger partial charge in [-0.2, -0.15) is 0 Å². The molecule has 0 fully saturated rings. The van der Waals surface area contributed by atoms with Crippen LogP contribution in [0, 0.1) is 0 Å². The van der Waals surface area contributed by atoms with E-state index in [1.807, 2.05) is 13.0 Å². The monoisotopic (exact) mass is 244 g/mol. The number of H-pyrrole nitrogens is 1. The first kappa shape index (κ1) is 11.6. The fourth-order valence-corrected chi connectivity index (χ4v) is 3.07.